The number of esters is 1. The molecule has 0 saturated heterocycles. The van der Waals surface area contributed by atoms with Crippen LogP contribution < -0.4 is 5.32 Å². The van der Waals surface area contributed by atoms with Crippen LogP contribution in [0.25, 0.3) is 0 Å². The summed E-state index contributed by atoms with van der Waals surface area (Å²) in [5.41, 5.74) is 2.38. The van der Waals surface area contributed by atoms with Crippen molar-refractivity contribution < 1.29 is 18.7 Å². The van der Waals surface area contributed by atoms with Crippen molar-refractivity contribution in [3.63, 3.8) is 0 Å². The number of anilines is 1. The molecular formula is C21H20FN3O3. The second kappa shape index (κ2) is 8.47. The Balaban J connectivity index is 1.88. The molecule has 3 rings (SSSR count). The minimum atomic E-state index is -0.578. The molecular weight excluding hydrogens is 361 g/mol. The zero-order valence-corrected chi connectivity index (χ0v) is 15.6. The van der Waals surface area contributed by atoms with E-state index in [2.05, 4.69) is 10.4 Å². The molecule has 0 aliphatic heterocycles. The zero-order valence-electron chi connectivity index (χ0n) is 15.6. The van der Waals surface area contributed by atoms with Crippen molar-refractivity contribution in [1.29, 1.82) is 0 Å². The minimum Gasteiger partial charge on any atom is -0.461 e. The Morgan fingerprint density at radius 2 is 1.79 bits per heavy atom. The predicted octanol–water partition coefficient (Wildman–Crippen LogP) is 3.81. The van der Waals surface area contributed by atoms with Gasteiger partial charge in [0, 0.05) is 11.6 Å². The Morgan fingerprint density at radius 3 is 2.43 bits per heavy atom. The molecule has 0 unspecified atom stereocenters. The third-order valence-electron chi connectivity index (χ3n) is 4.07. The number of aryl methyl sites for hydroxylation is 1. The van der Waals surface area contributed by atoms with Gasteiger partial charge in [-0.3, -0.25) is 4.79 Å². The van der Waals surface area contributed by atoms with Gasteiger partial charge in [-0.1, -0.05) is 29.8 Å². The molecule has 6 nitrogen and oxygen atoms in total. The maximum Gasteiger partial charge on any atom is 0.358 e. The van der Waals surface area contributed by atoms with Gasteiger partial charge in [-0.2, -0.15) is 5.10 Å². The van der Waals surface area contributed by atoms with Crippen LogP contribution in [0.3, 0.4) is 0 Å². The maximum atomic E-state index is 13.1. The lowest BCUT2D eigenvalue weighted by Crippen LogP contribution is -2.16. The lowest BCUT2D eigenvalue weighted by molar-refractivity contribution is 0.0518. The van der Waals surface area contributed by atoms with E-state index in [-0.39, 0.29) is 30.6 Å². The molecule has 0 radical (unpaired) electrons. The number of hydrogen-bond donors (Lipinski definition) is 1. The van der Waals surface area contributed by atoms with Crippen LogP contribution >= 0.6 is 0 Å². The number of hydrogen-bond acceptors (Lipinski definition) is 4. The number of carbonyl (C=O) groups is 2. The van der Waals surface area contributed by atoms with Gasteiger partial charge in [0.25, 0.3) is 5.91 Å². The molecule has 3 aromatic rings. The highest BCUT2D eigenvalue weighted by atomic mass is 19.1. The molecule has 0 spiro atoms. The van der Waals surface area contributed by atoms with Gasteiger partial charge >= 0.3 is 5.97 Å². The Kier molecular flexibility index (Phi) is 5.84. The molecule has 1 heterocycles. The Bertz CT molecular complexity index is 979. The molecule has 1 amide bonds. The molecule has 1 N–H and O–H groups in total. The smallest absolute Gasteiger partial charge is 0.358 e. The second-order valence-corrected chi connectivity index (χ2v) is 6.24. The standard InChI is InChI=1S/C21H20FN3O3/c1-3-28-21(27)18-12-19(23-20(26)16-8-4-14(2)5-9-16)25(24-18)13-15-6-10-17(22)11-7-15/h4-12H,3,13H2,1-2H3,(H,23,26). The number of nitrogens with zero attached hydrogens (tertiary/aromatic N) is 2. The number of carbonyl (C=O) groups excluding carboxylic acids is 2. The Hall–Kier alpha value is -3.48. The van der Waals surface area contributed by atoms with E-state index in [9.17, 15) is 14.0 Å². The van der Waals surface area contributed by atoms with Crippen molar-refractivity contribution in [2.24, 2.45) is 0 Å². The summed E-state index contributed by atoms with van der Waals surface area (Å²) in [6.07, 6.45) is 0. The molecule has 144 valence electrons. The molecule has 0 bridgehead atoms. The largest absolute Gasteiger partial charge is 0.461 e. The molecule has 28 heavy (non-hydrogen) atoms. The fourth-order valence-corrected chi connectivity index (χ4v) is 2.60. The summed E-state index contributed by atoms with van der Waals surface area (Å²) >= 11 is 0. The molecule has 7 heteroatoms. The van der Waals surface area contributed by atoms with Gasteiger partial charge in [-0.15, -0.1) is 0 Å². The zero-order chi connectivity index (χ0) is 20.1. The second-order valence-electron chi connectivity index (χ2n) is 6.24. The van der Waals surface area contributed by atoms with Gasteiger partial charge in [-0.25, -0.2) is 13.9 Å². The van der Waals surface area contributed by atoms with Crippen molar-refractivity contribution >= 4 is 17.7 Å². The van der Waals surface area contributed by atoms with E-state index in [4.69, 9.17) is 4.74 Å². The number of benzene rings is 2. The summed E-state index contributed by atoms with van der Waals surface area (Å²) in [4.78, 5) is 24.6. The van der Waals surface area contributed by atoms with E-state index in [0.29, 0.717) is 11.4 Å². The maximum absolute atomic E-state index is 13.1. The SMILES string of the molecule is CCOC(=O)c1cc(NC(=O)c2ccc(C)cc2)n(Cc2ccc(F)cc2)n1. The number of aromatic nitrogens is 2. The van der Waals surface area contributed by atoms with Crippen LogP contribution in [0.4, 0.5) is 10.2 Å². The van der Waals surface area contributed by atoms with Crippen LogP contribution in [0.5, 0.6) is 0 Å². The quantitative estimate of drug-likeness (QED) is 0.659. The summed E-state index contributed by atoms with van der Waals surface area (Å²) in [7, 11) is 0. The molecule has 0 aliphatic rings. The number of rotatable bonds is 6. The fourth-order valence-electron chi connectivity index (χ4n) is 2.60. The van der Waals surface area contributed by atoms with Crippen LogP contribution in [0.1, 0.15) is 38.9 Å². The highest BCUT2D eigenvalue weighted by Crippen LogP contribution is 2.16. The number of halogens is 1. The van der Waals surface area contributed by atoms with Crippen LogP contribution in [-0.2, 0) is 11.3 Å². The van der Waals surface area contributed by atoms with Gasteiger partial charge < -0.3 is 10.1 Å². The van der Waals surface area contributed by atoms with Crippen LogP contribution in [0.2, 0.25) is 0 Å². The van der Waals surface area contributed by atoms with Gasteiger partial charge in [0.15, 0.2) is 5.69 Å². The Labute approximate surface area is 161 Å². The normalized spacial score (nSPS) is 10.5. The van der Waals surface area contributed by atoms with E-state index < -0.39 is 5.97 Å². The van der Waals surface area contributed by atoms with Crippen molar-refractivity contribution in [2.45, 2.75) is 20.4 Å². The first kappa shape index (κ1) is 19.3. The summed E-state index contributed by atoms with van der Waals surface area (Å²) in [6, 6.07) is 14.5. The number of amides is 1. The van der Waals surface area contributed by atoms with E-state index in [1.54, 1.807) is 31.2 Å². The highest BCUT2D eigenvalue weighted by molar-refractivity contribution is 6.04. The average molecular weight is 381 g/mol. The van der Waals surface area contributed by atoms with Crippen molar-refractivity contribution in [3.05, 3.63) is 82.8 Å². The van der Waals surface area contributed by atoms with E-state index in [1.165, 1.54) is 22.9 Å². The summed E-state index contributed by atoms with van der Waals surface area (Å²) < 4.78 is 19.6. The monoisotopic (exact) mass is 381 g/mol. The van der Waals surface area contributed by atoms with Crippen molar-refractivity contribution in [2.75, 3.05) is 11.9 Å². The molecule has 2 aromatic carbocycles. The molecule has 0 atom stereocenters. The summed E-state index contributed by atoms with van der Waals surface area (Å²) in [5, 5.41) is 7.02. The first-order chi connectivity index (χ1) is 13.5. The summed E-state index contributed by atoms with van der Waals surface area (Å²) in [5.74, 6) is -0.899. The van der Waals surface area contributed by atoms with Crippen LogP contribution in [0.15, 0.2) is 54.6 Å². The third-order valence-corrected chi connectivity index (χ3v) is 4.07. The van der Waals surface area contributed by atoms with E-state index in [1.807, 2.05) is 19.1 Å². The van der Waals surface area contributed by atoms with Crippen LogP contribution in [0, 0.1) is 12.7 Å². The highest BCUT2D eigenvalue weighted by Gasteiger charge is 2.18. The van der Waals surface area contributed by atoms with Crippen molar-refractivity contribution in [3.8, 4) is 0 Å². The minimum absolute atomic E-state index is 0.0863. The van der Waals surface area contributed by atoms with E-state index >= 15 is 0 Å². The summed E-state index contributed by atoms with van der Waals surface area (Å²) in [6.45, 7) is 4.11. The van der Waals surface area contributed by atoms with Gasteiger partial charge in [0.1, 0.15) is 11.6 Å². The van der Waals surface area contributed by atoms with E-state index in [0.717, 1.165) is 11.1 Å². The molecule has 0 fully saturated rings. The topological polar surface area (TPSA) is 73.2 Å². The lowest BCUT2D eigenvalue weighted by atomic mass is 10.1. The first-order valence-corrected chi connectivity index (χ1v) is 8.83. The van der Waals surface area contributed by atoms with Gasteiger partial charge in [-0.05, 0) is 43.7 Å². The fraction of sp³-hybridized carbons (Fsp3) is 0.190. The third kappa shape index (κ3) is 4.62. The number of nitrogens with one attached hydrogen (secondary N) is 1. The molecule has 0 saturated carbocycles. The molecule has 1 aromatic heterocycles. The average Bonchev–Trinajstić information content (AvgIpc) is 3.07. The Morgan fingerprint density at radius 1 is 1.11 bits per heavy atom. The van der Waals surface area contributed by atoms with Gasteiger partial charge in [0.05, 0.1) is 13.2 Å². The first-order valence-electron chi connectivity index (χ1n) is 8.83. The molecule has 0 aliphatic carbocycles. The lowest BCUT2D eigenvalue weighted by Gasteiger charge is -2.09. The predicted molar refractivity (Wildman–Crippen MR) is 103 cm³/mol. The van der Waals surface area contributed by atoms with Crippen LogP contribution in [-0.4, -0.2) is 28.3 Å². The van der Waals surface area contributed by atoms with Gasteiger partial charge in [0.2, 0.25) is 0 Å². The van der Waals surface area contributed by atoms with Crippen molar-refractivity contribution in [1.82, 2.24) is 9.78 Å². The number of ether oxygens (including phenoxy) is 1.